The van der Waals surface area contributed by atoms with E-state index in [2.05, 4.69) is 19.5 Å². The molecular weight excluding hydrogens is 155 g/mol. The van der Waals surface area contributed by atoms with Crippen LogP contribution in [0.4, 0.5) is 0 Å². The van der Waals surface area contributed by atoms with E-state index in [4.69, 9.17) is 10.7 Å². The van der Waals surface area contributed by atoms with E-state index in [1.807, 2.05) is 6.92 Å². The van der Waals surface area contributed by atoms with Crippen LogP contribution in [0.25, 0.3) is 0 Å². The van der Waals surface area contributed by atoms with E-state index < -0.39 is 7.25 Å². The monoisotopic (exact) mass is 160 g/mol. The van der Waals surface area contributed by atoms with Gasteiger partial charge in [-0.2, -0.15) is 0 Å². The van der Waals surface area contributed by atoms with Crippen LogP contribution in [0.3, 0.4) is 0 Å². The van der Waals surface area contributed by atoms with Gasteiger partial charge in [-0.15, -0.1) is 0 Å². The Labute approximate surface area is 50.3 Å². The summed E-state index contributed by atoms with van der Waals surface area (Å²) in [6.07, 6.45) is 0. The fourth-order valence-electron chi connectivity index (χ4n) is 0. The first-order chi connectivity index (χ1) is 2.56. The van der Waals surface area contributed by atoms with Gasteiger partial charge in [0.05, 0.1) is 0 Å². The number of rotatable bonds is 0. The molecule has 0 aliphatic rings. The molecule has 1 unspecified atom stereocenters. The number of hydrogen-bond donors (Lipinski definition) is 1. The zero-order chi connectivity index (χ0) is 5.21. The fraction of sp³-hybridized carbons (Fsp3) is 1.00. The molecule has 0 heterocycles. The van der Waals surface area contributed by atoms with Crippen molar-refractivity contribution in [2.45, 2.75) is 6.92 Å². The Morgan fingerprint density at radius 1 is 2.00 bits per heavy atom. The first kappa shape index (κ1) is 7.42. The summed E-state index contributed by atoms with van der Waals surface area (Å²) in [7, 11) is 8.20. The summed E-state index contributed by atoms with van der Waals surface area (Å²) in [4.78, 5) is 0. The molecule has 0 aromatic rings. The molecule has 38 valence electrons. The van der Waals surface area contributed by atoms with Gasteiger partial charge in [0.2, 0.25) is 0 Å². The third-order valence-electron chi connectivity index (χ3n) is 0.367. The second kappa shape index (κ2) is 2.66. The van der Waals surface area contributed by atoms with Gasteiger partial charge >= 0.3 is 50.1 Å². The molecule has 0 spiro atoms. The molecule has 0 rings (SSSR count). The van der Waals surface area contributed by atoms with Gasteiger partial charge in [0.25, 0.3) is 0 Å². The van der Waals surface area contributed by atoms with Crippen LogP contribution in [0.1, 0.15) is 6.92 Å². The Hall–Kier alpha value is 1.42. The van der Waals surface area contributed by atoms with E-state index in [1.54, 1.807) is 0 Å². The van der Waals surface area contributed by atoms with Gasteiger partial charge in [0, 0.05) is 0 Å². The van der Waals surface area contributed by atoms with Gasteiger partial charge in [0.15, 0.2) is 0 Å². The van der Waals surface area contributed by atoms with Crippen LogP contribution in [0.15, 0.2) is 0 Å². The molecule has 0 aliphatic heterocycles. The molecule has 0 N–H and O–H groups in total. The Kier molecular flexibility index (Phi) is 3.29. The number of halogens is 1. The quantitative estimate of drug-likeness (QED) is 0.314. The molecule has 0 bridgehead atoms. The zero-order valence-corrected chi connectivity index (χ0v) is 6.75. The first-order valence-corrected chi connectivity index (χ1v) is 6.25. The minimum atomic E-state index is -1.30. The van der Waals surface area contributed by atoms with E-state index in [-0.39, 0.29) is 0 Å². The predicted molar refractivity (Wildman–Crippen MR) is 39.9 cm³/mol. The third-order valence-corrected chi connectivity index (χ3v) is 3.31. The van der Waals surface area contributed by atoms with E-state index in [1.165, 1.54) is 0 Å². The van der Waals surface area contributed by atoms with Crippen molar-refractivity contribution < 1.29 is 0 Å². The summed E-state index contributed by atoms with van der Waals surface area (Å²) in [6.45, 7) is 1.96. The zero-order valence-electron chi connectivity index (χ0n) is 3.39. The van der Waals surface area contributed by atoms with Gasteiger partial charge < -0.3 is 0 Å². The van der Waals surface area contributed by atoms with Crippen molar-refractivity contribution in [3.05, 3.63) is 0 Å². The van der Waals surface area contributed by atoms with Crippen LogP contribution in [-0.4, -0.2) is 5.75 Å². The Morgan fingerprint density at radius 2 is 2.17 bits per heavy atom. The van der Waals surface area contributed by atoms with Crippen LogP contribution in [-0.2, 0) is 0 Å². The van der Waals surface area contributed by atoms with E-state index >= 15 is 0 Å². The summed E-state index contributed by atoms with van der Waals surface area (Å²) in [6, 6.07) is 0. The Bertz CT molecular complexity index is 112. The van der Waals surface area contributed by atoms with Gasteiger partial charge in [-0.25, -0.2) is 0 Å². The Morgan fingerprint density at radius 3 is 2.17 bits per heavy atom. The average Bonchev–Trinajstić information content (AvgIpc) is 1.35. The molecule has 0 nitrogen and oxygen atoms in total. The van der Waals surface area contributed by atoms with E-state index in [9.17, 15) is 0 Å². The summed E-state index contributed by atoms with van der Waals surface area (Å²) in [5.74, 6) is 0.848. The standard InChI is InChI=1S/C2H6ClPS2/c1-2-6(3,4)5/h5H,2H2,1H3. The van der Waals surface area contributed by atoms with Crippen LogP contribution in [0.5, 0.6) is 0 Å². The normalized spacial score (nSPS) is 19.7. The fourth-order valence-corrected chi connectivity index (χ4v) is 0. The molecule has 0 saturated carbocycles. The number of hydrogen-bond acceptors (Lipinski definition) is 1. The van der Waals surface area contributed by atoms with Crippen LogP contribution >= 0.6 is 37.4 Å². The maximum atomic E-state index is 5.53. The molecule has 0 aromatic heterocycles. The molecule has 4 heteroatoms. The molecule has 0 fully saturated rings. The molecule has 0 amide bonds. The second-order valence-corrected chi connectivity index (χ2v) is 10.1. The SMILES string of the molecule is CCS(#P)(S)Cl. The summed E-state index contributed by atoms with van der Waals surface area (Å²) in [5, 5.41) is 0. The summed E-state index contributed by atoms with van der Waals surface area (Å²) in [5.41, 5.74) is 0. The van der Waals surface area contributed by atoms with Crippen LogP contribution < -0.4 is 0 Å². The van der Waals surface area contributed by atoms with Gasteiger partial charge in [0.1, 0.15) is 0 Å². The first-order valence-electron chi connectivity index (χ1n) is 1.52. The van der Waals surface area contributed by atoms with Crippen molar-refractivity contribution in [1.82, 2.24) is 0 Å². The molecular formula is C2H6ClPS2. The summed E-state index contributed by atoms with van der Waals surface area (Å²) < 4.78 is 0. The van der Waals surface area contributed by atoms with Crippen molar-refractivity contribution in [1.29, 1.82) is 0 Å². The average molecular weight is 161 g/mol. The molecule has 0 radical (unpaired) electrons. The van der Waals surface area contributed by atoms with Gasteiger partial charge in [-0.05, 0) is 0 Å². The molecule has 6 heavy (non-hydrogen) atoms. The topological polar surface area (TPSA) is 0 Å². The minimum absolute atomic E-state index is 0.848. The van der Waals surface area contributed by atoms with Gasteiger partial charge in [-0.3, -0.25) is 0 Å². The summed E-state index contributed by atoms with van der Waals surface area (Å²) >= 11 is 3.97. The van der Waals surface area contributed by atoms with Gasteiger partial charge in [-0.1, -0.05) is 0 Å². The van der Waals surface area contributed by atoms with Crippen molar-refractivity contribution in [2.75, 3.05) is 5.75 Å². The molecule has 0 saturated heterocycles. The third kappa shape index (κ3) is 5.42. The predicted octanol–water partition coefficient (Wildman–Crippen LogP) is 3.14. The van der Waals surface area contributed by atoms with Crippen LogP contribution in [0.2, 0.25) is 0 Å². The van der Waals surface area contributed by atoms with Crippen molar-refractivity contribution in [2.24, 2.45) is 0 Å². The van der Waals surface area contributed by atoms with Crippen molar-refractivity contribution in [3.63, 3.8) is 0 Å². The molecule has 0 aromatic carbocycles. The molecule has 1 atom stereocenters. The Balaban J connectivity index is 3.60. The van der Waals surface area contributed by atoms with E-state index in [0.717, 1.165) is 5.75 Å². The van der Waals surface area contributed by atoms with Crippen LogP contribution in [0, 0.1) is 0 Å². The second-order valence-electron chi connectivity index (χ2n) is 0.876. The van der Waals surface area contributed by atoms with Crippen molar-refractivity contribution >= 4 is 37.4 Å². The molecule has 0 aliphatic carbocycles. The van der Waals surface area contributed by atoms with E-state index in [0.29, 0.717) is 0 Å². The van der Waals surface area contributed by atoms with Crippen molar-refractivity contribution in [3.8, 4) is 0 Å². The maximum absolute atomic E-state index is 5.53. The number of thiol groups is 1.